The Morgan fingerprint density at radius 1 is 1.38 bits per heavy atom. The molecule has 1 saturated heterocycles. The van der Waals surface area contributed by atoms with Crippen molar-refractivity contribution in [2.24, 2.45) is 5.92 Å². The molecule has 3 rings (SSSR count). The Morgan fingerprint density at radius 2 is 2.10 bits per heavy atom. The van der Waals surface area contributed by atoms with E-state index >= 15 is 0 Å². The van der Waals surface area contributed by atoms with Crippen molar-refractivity contribution >= 4 is 5.97 Å². The zero-order valence-electron chi connectivity index (χ0n) is 11.6. The molecule has 0 bridgehead atoms. The molecule has 1 aromatic carbocycles. The van der Waals surface area contributed by atoms with E-state index in [2.05, 4.69) is 0 Å². The summed E-state index contributed by atoms with van der Waals surface area (Å²) in [5.74, 6) is -0.538. The molecule has 1 aromatic rings. The third-order valence-corrected chi connectivity index (χ3v) is 4.19. The minimum atomic E-state index is -1.08. The quantitative estimate of drug-likeness (QED) is 0.778. The molecule has 6 nitrogen and oxygen atoms in total. The maximum absolute atomic E-state index is 11.8. The highest BCUT2D eigenvalue weighted by molar-refractivity contribution is 5.89. The SMILES string of the molecule is COC1O[C@@]2(C[C@H]2COC(=O)c2ccccc2)C(O)C1O. The number of hydrogen-bond acceptors (Lipinski definition) is 6. The molecule has 1 saturated carbocycles. The summed E-state index contributed by atoms with van der Waals surface area (Å²) in [6.07, 6.45) is -2.41. The smallest absolute Gasteiger partial charge is 0.338 e. The number of methoxy groups -OCH3 is 1. The van der Waals surface area contributed by atoms with Gasteiger partial charge >= 0.3 is 5.97 Å². The second-order valence-electron chi connectivity index (χ2n) is 5.48. The van der Waals surface area contributed by atoms with Gasteiger partial charge in [-0.15, -0.1) is 0 Å². The molecular formula is C15H18O6. The van der Waals surface area contributed by atoms with E-state index in [9.17, 15) is 15.0 Å². The Morgan fingerprint density at radius 3 is 2.71 bits per heavy atom. The van der Waals surface area contributed by atoms with E-state index in [4.69, 9.17) is 14.2 Å². The number of rotatable bonds is 4. The largest absolute Gasteiger partial charge is 0.462 e. The molecule has 5 atom stereocenters. The van der Waals surface area contributed by atoms with E-state index in [0.29, 0.717) is 12.0 Å². The van der Waals surface area contributed by atoms with E-state index in [1.165, 1.54) is 7.11 Å². The standard InChI is InChI=1S/C15H18O6/c1-19-14-11(16)12(17)15(21-14)7-10(15)8-20-13(18)9-5-3-2-4-6-9/h2-6,10-12,14,16-17H,7-8H2,1H3/t10-,11?,12?,14?,15+/m0/s1. The molecule has 0 aromatic heterocycles. The highest BCUT2D eigenvalue weighted by Gasteiger charge is 2.69. The van der Waals surface area contributed by atoms with Gasteiger partial charge in [0.2, 0.25) is 0 Å². The van der Waals surface area contributed by atoms with Crippen molar-refractivity contribution in [1.29, 1.82) is 0 Å². The average molecular weight is 294 g/mol. The second-order valence-corrected chi connectivity index (χ2v) is 5.48. The maximum Gasteiger partial charge on any atom is 0.338 e. The summed E-state index contributed by atoms with van der Waals surface area (Å²) in [6, 6.07) is 8.70. The van der Waals surface area contributed by atoms with Gasteiger partial charge in [0.15, 0.2) is 6.29 Å². The first-order chi connectivity index (χ1) is 10.1. The van der Waals surface area contributed by atoms with Crippen molar-refractivity contribution in [2.75, 3.05) is 13.7 Å². The molecule has 1 aliphatic carbocycles. The third-order valence-electron chi connectivity index (χ3n) is 4.19. The number of carbonyl (C=O) groups is 1. The van der Waals surface area contributed by atoms with Crippen molar-refractivity contribution in [1.82, 2.24) is 0 Å². The predicted octanol–water partition coefficient (Wildman–Crippen LogP) is 0.327. The molecule has 1 aliphatic heterocycles. The Balaban J connectivity index is 1.56. The van der Waals surface area contributed by atoms with Crippen LogP contribution in [0.25, 0.3) is 0 Å². The van der Waals surface area contributed by atoms with Gasteiger partial charge in [0.1, 0.15) is 17.8 Å². The van der Waals surface area contributed by atoms with Crippen molar-refractivity contribution in [3.8, 4) is 0 Å². The summed E-state index contributed by atoms with van der Waals surface area (Å²) in [4.78, 5) is 11.8. The van der Waals surface area contributed by atoms with Gasteiger partial charge in [0, 0.05) is 13.0 Å². The van der Waals surface area contributed by atoms with Crippen LogP contribution in [0.15, 0.2) is 30.3 Å². The summed E-state index contributed by atoms with van der Waals surface area (Å²) in [5.41, 5.74) is -0.369. The lowest BCUT2D eigenvalue weighted by Gasteiger charge is -2.14. The molecule has 1 heterocycles. The van der Waals surface area contributed by atoms with Crippen LogP contribution in [-0.4, -0.2) is 54.0 Å². The lowest BCUT2D eigenvalue weighted by Crippen LogP contribution is -2.35. The van der Waals surface area contributed by atoms with Crippen molar-refractivity contribution in [3.63, 3.8) is 0 Å². The molecular weight excluding hydrogens is 276 g/mol. The fraction of sp³-hybridized carbons (Fsp3) is 0.533. The summed E-state index contributed by atoms with van der Waals surface area (Å²) >= 11 is 0. The van der Waals surface area contributed by atoms with E-state index in [-0.39, 0.29) is 12.5 Å². The number of esters is 1. The molecule has 0 radical (unpaired) electrons. The van der Waals surface area contributed by atoms with Gasteiger partial charge in [-0.3, -0.25) is 0 Å². The molecule has 2 aliphatic rings. The van der Waals surface area contributed by atoms with E-state index < -0.39 is 30.1 Å². The Bertz CT molecular complexity index is 518. The van der Waals surface area contributed by atoms with Crippen molar-refractivity contribution < 1.29 is 29.2 Å². The zero-order valence-corrected chi connectivity index (χ0v) is 11.6. The lowest BCUT2D eigenvalue weighted by atomic mass is 10.1. The Hall–Kier alpha value is -1.47. The number of ether oxygens (including phenoxy) is 3. The number of carbonyl (C=O) groups excluding carboxylic acids is 1. The Labute approximate surface area is 122 Å². The van der Waals surface area contributed by atoms with E-state index in [1.807, 2.05) is 6.07 Å². The molecule has 2 fully saturated rings. The number of aliphatic hydroxyl groups is 2. The number of aliphatic hydroxyl groups excluding tert-OH is 2. The highest BCUT2D eigenvalue weighted by atomic mass is 16.7. The molecule has 6 heteroatoms. The van der Waals surface area contributed by atoms with Crippen molar-refractivity contribution in [3.05, 3.63) is 35.9 Å². The van der Waals surface area contributed by atoms with Crippen LogP contribution in [0, 0.1) is 5.92 Å². The number of benzene rings is 1. The highest BCUT2D eigenvalue weighted by Crippen LogP contribution is 2.55. The molecule has 1 spiro atoms. The molecule has 0 amide bonds. The van der Waals surface area contributed by atoms with Gasteiger partial charge in [-0.05, 0) is 18.6 Å². The Kier molecular flexibility index (Phi) is 3.71. The van der Waals surface area contributed by atoms with Crippen LogP contribution < -0.4 is 0 Å². The van der Waals surface area contributed by atoms with Crippen LogP contribution >= 0.6 is 0 Å². The third kappa shape index (κ3) is 2.44. The second kappa shape index (κ2) is 5.38. The van der Waals surface area contributed by atoms with Gasteiger partial charge < -0.3 is 24.4 Å². The van der Waals surface area contributed by atoms with Gasteiger partial charge in [-0.1, -0.05) is 18.2 Å². The average Bonchev–Trinajstić information content (AvgIpc) is 3.17. The first kappa shape index (κ1) is 14.5. The molecule has 114 valence electrons. The minimum absolute atomic E-state index is 0.130. The first-order valence-corrected chi connectivity index (χ1v) is 6.87. The fourth-order valence-electron chi connectivity index (χ4n) is 2.85. The summed E-state index contributed by atoms with van der Waals surface area (Å²) in [7, 11) is 1.41. The van der Waals surface area contributed by atoms with Crippen LogP contribution in [0.5, 0.6) is 0 Å². The molecule has 3 unspecified atom stereocenters. The normalized spacial score (nSPS) is 37.7. The van der Waals surface area contributed by atoms with Gasteiger partial charge in [0.05, 0.1) is 12.2 Å². The van der Waals surface area contributed by atoms with Crippen LogP contribution in [0.1, 0.15) is 16.8 Å². The lowest BCUT2D eigenvalue weighted by molar-refractivity contribution is -0.157. The predicted molar refractivity (Wildman–Crippen MR) is 71.5 cm³/mol. The van der Waals surface area contributed by atoms with E-state index in [1.54, 1.807) is 24.3 Å². The summed E-state index contributed by atoms with van der Waals surface area (Å²) in [6.45, 7) is 0.147. The number of hydrogen-bond donors (Lipinski definition) is 2. The first-order valence-electron chi connectivity index (χ1n) is 6.87. The monoisotopic (exact) mass is 294 g/mol. The van der Waals surface area contributed by atoms with Crippen LogP contribution in [0.2, 0.25) is 0 Å². The molecule has 21 heavy (non-hydrogen) atoms. The molecule has 2 N–H and O–H groups in total. The van der Waals surface area contributed by atoms with Gasteiger partial charge in [0.25, 0.3) is 0 Å². The maximum atomic E-state index is 11.8. The van der Waals surface area contributed by atoms with Gasteiger partial charge in [-0.2, -0.15) is 0 Å². The van der Waals surface area contributed by atoms with Crippen LogP contribution in [0.4, 0.5) is 0 Å². The van der Waals surface area contributed by atoms with E-state index in [0.717, 1.165) is 0 Å². The summed E-state index contributed by atoms with van der Waals surface area (Å²) < 4.78 is 15.8. The van der Waals surface area contributed by atoms with Crippen LogP contribution in [-0.2, 0) is 14.2 Å². The zero-order chi connectivity index (χ0) is 15.0. The topological polar surface area (TPSA) is 85.2 Å². The van der Waals surface area contributed by atoms with Gasteiger partial charge in [-0.25, -0.2) is 4.79 Å². The van der Waals surface area contributed by atoms with Crippen molar-refractivity contribution in [2.45, 2.75) is 30.5 Å². The van der Waals surface area contributed by atoms with Crippen LogP contribution in [0.3, 0.4) is 0 Å². The summed E-state index contributed by atoms with van der Waals surface area (Å²) in [5, 5.41) is 19.8. The minimum Gasteiger partial charge on any atom is -0.462 e. The fourth-order valence-corrected chi connectivity index (χ4v) is 2.85.